The van der Waals surface area contributed by atoms with E-state index < -0.39 is 11.9 Å². The molecule has 3 aromatic rings. The van der Waals surface area contributed by atoms with Crippen molar-refractivity contribution in [3.05, 3.63) is 93.6 Å². The van der Waals surface area contributed by atoms with Crippen molar-refractivity contribution in [2.24, 2.45) is 0 Å². The number of nitrogens with one attached hydrogen (secondary N) is 1. The number of aryl methyl sites for hydroxylation is 1. The molecule has 204 valence electrons. The fourth-order valence-corrected chi connectivity index (χ4v) is 4.73. The van der Waals surface area contributed by atoms with Crippen LogP contribution in [0.1, 0.15) is 60.5 Å². The van der Waals surface area contributed by atoms with Gasteiger partial charge in [-0.1, -0.05) is 50.3 Å². The lowest BCUT2D eigenvalue weighted by molar-refractivity contribution is -0.137. The highest BCUT2D eigenvalue weighted by Gasteiger charge is 2.15. The molecule has 0 aromatic heterocycles. The number of carbonyl (C=O) groups is 2. The van der Waals surface area contributed by atoms with Gasteiger partial charge in [-0.3, -0.25) is 0 Å². The Labute approximate surface area is 244 Å². The van der Waals surface area contributed by atoms with Gasteiger partial charge in [0.15, 0.2) is 0 Å². The second-order valence-corrected chi connectivity index (χ2v) is 10.2. The van der Waals surface area contributed by atoms with Gasteiger partial charge in [0, 0.05) is 21.4 Å². The highest BCUT2D eigenvalue weighted by molar-refractivity contribution is 14.1. The summed E-state index contributed by atoms with van der Waals surface area (Å²) in [6.45, 7) is 6.49. The first-order valence-electron chi connectivity index (χ1n) is 13.1. The fraction of sp³-hybridized carbons (Fsp3) is 0.281. The third-order valence-corrected chi connectivity index (χ3v) is 6.96. The Hall–Kier alpha value is -3.46. The van der Waals surface area contributed by atoms with Gasteiger partial charge >= 0.3 is 11.9 Å². The van der Waals surface area contributed by atoms with Gasteiger partial charge < -0.3 is 19.6 Å². The predicted molar refractivity (Wildman–Crippen MR) is 163 cm³/mol. The fourth-order valence-electron chi connectivity index (χ4n) is 4.02. The van der Waals surface area contributed by atoms with Crippen LogP contribution in [0.4, 0.5) is 0 Å². The number of benzene rings is 3. The van der Waals surface area contributed by atoms with Crippen molar-refractivity contribution in [1.82, 2.24) is 0 Å². The SMILES string of the molecule is C=CC(=O)OCCCCCCOc1ccc(C(=O)Oc2ccc(-c3ccc(CCC)cc3)c(C=N)c2)c(I)c1. The maximum atomic E-state index is 12.9. The quantitative estimate of drug-likeness (QED) is 0.0458. The van der Waals surface area contributed by atoms with Crippen LogP contribution in [0.2, 0.25) is 0 Å². The van der Waals surface area contributed by atoms with Gasteiger partial charge in [0.25, 0.3) is 0 Å². The molecule has 3 aromatic carbocycles. The smallest absolute Gasteiger partial charge is 0.344 e. The van der Waals surface area contributed by atoms with E-state index in [0.717, 1.165) is 53.2 Å². The first kappa shape index (κ1) is 30.1. The van der Waals surface area contributed by atoms with Crippen LogP contribution in [0.5, 0.6) is 11.5 Å². The van der Waals surface area contributed by atoms with Gasteiger partial charge in [0.05, 0.1) is 18.8 Å². The molecule has 0 saturated carbocycles. The molecule has 0 saturated heterocycles. The zero-order valence-electron chi connectivity index (χ0n) is 22.2. The van der Waals surface area contributed by atoms with E-state index in [1.54, 1.807) is 24.3 Å². The Morgan fingerprint density at radius 1 is 0.923 bits per heavy atom. The van der Waals surface area contributed by atoms with Crippen LogP contribution in [0.15, 0.2) is 73.3 Å². The highest BCUT2D eigenvalue weighted by Crippen LogP contribution is 2.28. The summed E-state index contributed by atoms with van der Waals surface area (Å²) in [4.78, 5) is 23.9. The molecule has 0 aliphatic heterocycles. The van der Waals surface area contributed by atoms with Crippen LogP contribution in [-0.2, 0) is 16.0 Å². The van der Waals surface area contributed by atoms with E-state index in [1.807, 2.05) is 12.1 Å². The minimum Gasteiger partial charge on any atom is -0.494 e. The van der Waals surface area contributed by atoms with Crippen LogP contribution in [0.3, 0.4) is 0 Å². The maximum Gasteiger partial charge on any atom is 0.344 e. The van der Waals surface area contributed by atoms with Crippen molar-refractivity contribution in [1.29, 1.82) is 5.41 Å². The number of hydrogen-bond acceptors (Lipinski definition) is 6. The predicted octanol–water partition coefficient (Wildman–Crippen LogP) is 7.80. The van der Waals surface area contributed by atoms with Gasteiger partial charge in [0.1, 0.15) is 11.5 Å². The van der Waals surface area contributed by atoms with E-state index in [0.29, 0.717) is 35.8 Å². The Morgan fingerprint density at radius 3 is 2.31 bits per heavy atom. The Kier molecular flexibility index (Phi) is 12.2. The first-order valence-corrected chi connectivity index (χ1v) is 14.2. The normalized spacial score (nSPS) is 10.5. The van der Waals surface area contributed by atoms with Crippen LogP contribution < -0.4 is 9.47 Å². The number of carbonyl (C=O) groups excluding carboxylic acids is 2. The van der Waals surface area contributed by atoms with Crippen molar-refractivity contribution in [2.75, 3.05) is 13.2 Å². The molecule has 6 nitrogen and oxygen atoms in total. The molecule has 0 spiro atoms. The molecule has 0 heterocycles. The summed E-state index contributed by atoms with van der Waals surface area (Å²) in [5.41, 5.74) is 4.35. The minimum atomic E-state index is -0.462. The Morgan fingerprint density at radius 2 is 1.64 bits per heavy atom. The first-order chi connectivity index (χ1) is 18.9. The second-order valence-electron chi connectivity index (χ2n) is 9.01. The van der Waals surface area contributed by atoms with Crippen LogP contribution in [0, 0.1) is 8.98 Å². The summed E-state index contributed by atoms with van der Waals surface area (Å²) in [6.07, 6.45) is 8.18. The van der Waals surface area contributed by atoms with Crippen LogP contribution in [0.25, 0.3) is 11.1 Å². The molecule has 0 atom stereocenters. The summed E-state index contributed by atoms with van der Waals surface area (Å²) in [5, 5.41) is 7.88. The third-order valence-electron chi connectivity index (χ3n) is 6.07. The topological polar surface area (TPSA) is 85.7 Å². The molecule has 3 rings (SSSR count). The average Bonchev–Trinajstić information content (AvgIpc) is 2.94. The molecule has 0 bridgehead atoms. The van der Waals surface area contributed by atoms with Crippen molar-refractivity contribution in [3.63, 3.8) is 0 Å². The minimum absolute atomic E-state index is 0.389. The van der Waals surface area contributed by atoms with Gasteiger partial charge in [-0.2, -0.15) is 0 Å². The molecule has 1 N–H and O–H groups in total. The van der Waals surface area contributed by atoms with Crippen LogP contribution >= 0.6 is 22.6 Å². The molecule has 0 fully saturated rings. The van der Waals surface area contributed by atoms with Crippen molar-refractivity contribution in [3.8, 4) is 22.6 Å². The summed E-state index contributed by atoms with van der Waals surface area (Å²) in [5.74, 6) is 0.227. The number of esters is 2. The molecule has 0 unspecified atom stereocenters. The molecule has 0 aliphatic rings. The van der Waals surface area contributed by atoms with Gasteiger partial charge in [-0.15, -0.1) is 0 Å². The number of hydrogen-bond donors (Lipinski definition) is 1. The standard InChI is InChI=1S/C32H34INO5/c1-3-9-23-10-12-24(13-11-23)28-16-15-27(20-25(28)22-34)39-32(36)29-17-14-26(21-30(29)33)37-18-7-5-6-8-19-38-31(35)4-2/h4,10-17,20-22,34H,2-3,5-9,18-19H2,1H3. The zero-order chi connectivity index (χ0) is 28.0. The molecular weight excluding hydrogens is 605 g/mol. The molecule has 0 radical (unpaired) electrons. The average molecular weight is 640 g/mol. The van der Waals surface area contributed by atoms with Gasteiger partial charge in [-0.25, -0.2) is 9.59 Å². The molecule has 7 heteroatoms. The van der Waals surface area contributed by atoms with Gasteiger partial charge in [-0.05, 0) is 102 Å². The number of rotatable bonds is 15. The number of unbranched alkanes of at least 4 members (excludes halogenated alkanes) is 3. The zero-order valence-corrected chi connectivity index (χ0v) is 24.4. The largest absolute Gasteiger partial charge is 0.494 e. The number of halogens is 1. The lowest BCUT2D eigenvalue weighted by Crippen LogP contribution is -2.11. The van der Waals surface area contributed by atoms with Gasteiger partial charge in [0.2, 0.25) is 0 Å². The van der Waals surface area contributed by atoms with E-state index in [2.05, 4.69) is 60.4 Å². The van der Waals surface area contributed by atoms with E-state index in [1.165, 1.54) is 17.9 Å². The summed E-state index contributed by atoms with van der Waals surface area (Å²) >= 11 is 2.11. The van der Waals surface area contributed by atoms with E-state index in [-0.39, 0.29) is 0 Å². The maximum absolute atomic E-state index is 12.9. The molecule has 0 amide bonds. The van der Waals surface area contributed by atoms with E-state index in [4.69, 9.17) is 19.6 Å². The Bertz CT molecular complexity index is 1290. The summed E-state index contributed by atoms with van der Waals surface area (Å²) in [7, 11) is 0. The van der Waals surface area contributed by atoms with Crippen LogP contribution in [-0.4, -0.2) is 31.4 Å². The Balaban J connectivity index is 1.52. The summed E-state index contributed by atoms with van der Waals surface area (Å²) in [6, 6.07) is 19.0. The third kappa shape index (κ3) is 9.35. The molecule has 39 heavy (non-hydrogen) atoms. The van der Waals surface area contributed by atoms with E-state index >= 15 is 0 Å². The lowest BCUT2D eigenvalue weighted by atomic mass is 9.98. The lowest BCUT2D eigenvalue weighted by Gasteiger charge is -2.12. The van der Waals surface area contributed by atoms with Crippen molar-refractivity contribution < 1.29 is 23.8 Å². The molecular formula is C32H34INO5. The highest BCUT2D eigenvalue weighted by atomic mass is 127. The van der Waals surface area contributed by atoms with Crippen molar-refractivity contribution in [2.45, 2.75) is 45.4 Å². The van der Waals surface area contributed by atoms with Crippen molar-refractivity contribution >= 4 is 40.7 Å². The monoisotopic (exact) mass is 639 g/mol. The second kappa shape index (κ2) is 15.8. The summed E-state index contributed by atoms with van der Waals surface area (Å²) < 4.78 is 17.2. The molecule has 0 aliphatic carbocycles. The van der Waals surface area contributed by atoms with E-state index in [9.17, 15) is 9.59 Å². The number of ether oxygens (including phenoxy) is 3.